The van der Waals surface area contributed by atoms with Gasteiger partial charge < -0.3 is 10.3 Å². The standard InChI is InChI=1S/C17H17N3O2/c1-11-7-12(9-13(8-11)16(21)18-2)10-20-15-6-4-3-5-14(15)19-17(20)22/h3-9H,10H2,1-2H3,(H,18,21)(H,19,22). The lowest BCUT2D eigenvalue weighted by Crippen LogP contribution is -2.20. The summed E-state index contributed by atoms with van der Waals surface area (Å²) in [5.74, 6) is -0.128. The number of carbonyl (C=O) groups excluding carboxylic acids is 1. The van der Waals surface area contributed by atoms with Gasteiger partial charge in [-0.15, -0.1) is 0 Å². The summed E-state index contributed by atoms with van der Waals surface area (Å²) in [4.78, 5) is 26.8. The molecule has 1 amide bonds. The molecule has 2 aromatic carbocycles. The lowest BCUT2D eigenvalue weighted by molar-refractivity contribution is 0.0963. The molecule has 0 atom stereocenters. The smallest absolute Gasteiger partial charge is 0.326 e. The average Bonchev–Trinajstić information content (AvgIpc) is 2.82. The third-order valence-electron chi connectivity index (χ3n) is 3.65. The van der Waals surface area contributed by atoms with Gasteiger partial charge in [0, 0.05) is 12.6 Å². The van der Waals surface area contributed by atoms with Gasteiger partial charge in [-0.1, -0.05) is 18.2 Å². The van der Waals surface area contributed by atoms with Crippen LogP contribution in [-0.2, 0) is 6.54 Å². The molecule has 1 heterocycles. The summed E-state index contributed by atoms with van der Waals surface area (Å²) >= 11 is 0. The lowest BCUT2D eigenvalue weighted by atomic mass is 10.1. The number of para-hydroxylation sites is 2. The van der Waals surface area contributed by atoms with Crippen molar-refractivity contribution in [1.29, 1.82) is 0 Å². The van der Waals surface area contributed by atoms with Crippen LogP contribution in [-0.4, -0.2) is 22.5 Å². The van der Waals surface area contributed by atoms with Gasteiger partial charge in [0.2, 0.25) is 0 Å². The first-order chi connectivity index (χ1) is 10.6. The van der Waals surface area contributed by atoms with Crippen LogP contribution in [0.2, 0.25) is 0 Å². The van der Waals surface area contributed by atoms with Crippen LogP contribution in [0.1, 0.15) is 21.5 Å². The van der Waals surface area contributed by atoms with Crippen molar-refractivity contribution in [3.8, 4) is 0 Å². The van der Waals surface area contributed by atoms with Crippen molar-refractivity contribution in [2.45, 2.75) is 13.5 Å². The number of H-pyrrole nitrogens is 1. The molecule has 5 nitrogen and oxygen atoms in total. The van der Waals surface area contributed by atoms with Crippen molar-refractivity contribution in [2.75, 3.05) is 7.05 Å². The summed E-state index contributed by atoms with van der Waals surface area (Å²) < 4.78 is 1.68. The molecule has 0 unspecified atom stereocenters. The number of aromatic amines is 1. The van der Waals surface area contributed by atoms with Gasteiger partial charge in [0.05, 0.1) is 17.6 Å². The van der Waals surface area contributed by atoms with E-state index in [-0.39, 0.29) is 11.6 Å². The Hall–Kier alpha value is -2.82. The number of rotatable bonds is 3. The molecule has 112 valence electrons. The highest BCUT2D eigenvalue weighted by molar-refractivity contribution is 5.94. The van der Waals surface area contributed by atoms with Gasteiger partial charge in [-0.05, 0) is 42.3 Å². The van der Waals surface area contributed by atoms with Crippen molar-refractivity contribution in [1.82, 2.24) is 14.9 Å². The van der Waals surface area contributed by atoms with Crippen LogP contribution in [0, 0.1) is 6.92 Å². The van der Waals surface area contributed by atoms with E-state index in [1.807, 2.05) is 49.4 Å². The third-order valence-corrected chi connectivity index (χ3v) is 3.65. The van der Waals surface area contributed by atoms with Gasteiger partial charge >= 0.3 is 5.69 Å². The fourth-order valence-corrected chi connectivity index (χ4v) is 2.68. The Labute approximate surface area is 127 Å². The van der Waals surface area contributed by atoms with Crippen molar-refractivity contribution >= 4 is 16.9 Å². The lowest BCUT2D eigenvalue weighted by Gasteiger charge is -2.08. The first-order valence-electron chi connectivity index (χ1n) is 7.08. The molecule has 0 radical (unpaired) electrons. The molecular weight excluding hydrogens is 278 g/mol. The van der Waals surface area contributed by atoms with E-state index < -0.39 is 0 Å². The molecule has 0 aliphatic rings. The number of aromatic nitrogens is 2. The monoisotopic (exact) mass is 295 g/mol. The number of nitrogens with zero attached hydrogens (tertiary/aromatic N) is 1. The second-order valence-corrected chi connectivity index (χ2v) is 5.32. The maximum absolute atomic E-state index is 12.1. The molecule has 0 fully saturated rings. The minimum atomic E-state index is -0.149. The quantitative estimate of drug-likeness (QED) is 0.776. The molecule has 0 spiro atoms. The maximum Gasteiger partial charge on any atom is 0.326 e. The Morgan fingerprint density at radius 2 is 2.00 bits per heavy atom. The second-order valence-electron chi connectivity index (χ2n) is 5.32. The summed E-state index contributed by atoms with van der Waals surface area (Å²) in [5, 5.41) is 2.62. The zero-order valence-corrected chi connectivity index (χ0v) is 12.5. The van der Waals surface area contributed by atoms with Crippen molar-refractivity contribution in [3.63, 3.8) is 0 Å². The third kappa shape index (κ3) is 2.53. The van der Waals surface area contributed by atoms with Crippen LogP contribution >= 0.6 is 0 Å². The average molecular weight is 295 g/mol. The molecule has 0 saturated heterocycles. The Kier molecular flexibility index (Phi) is 3.55. The van der Waals surface area contributed by atoms with E-state index in [4.69, 9.17) is 0 Å². The predicted molar refractivity (Wildman–Crippen MR) is 86.2 cm³/mol. The van der Waals surface area contributed by atoms with E-state index in [2.05, 4.69) is 10.3 Å². The Morgan fingerprint density at radius 1 is 1.23 bits per heavy atom. The van der Waals surface area contributed by atoms with E-state index in [0.29, 0.717) is 12.1 Å². The largest absolute Gasteiger partial charge is 0.355 e. The number of imidazole rings is 1. The zero-order valence-electron chi connectivity index (χ0n) is 12.5. The first kappa shape index (κ1) is 14.1. The van der Waals surface area contributed by atoms with Gasteiger partial charge in [0.25, 0.3) is 5.91 Å². The number of hydrogen-bond donors (Lipinski definition) is 2. The van der Waals surface area contributed by atoms with Gasteiger partial charge in [-0.3, -0.25) is 9.36 Å². The molecule has 22 heavy (non-hydrogen) atoms. The van der Waals surface area contributed by atoms with E-state index in [9.17, 15) is 9.59 Å². The van der Waals surface area contributed by atoms with Gasteiger partial charge in [-0.2, -0.15) is 0 Å². The van der Waals surface area contributed by atoms with E-state index >= 15 is 0 Å². The van der Waals surface area contributed by atoms with Crippen LogP contribution < -0.4 is 11.0 Å². The Balaban J connectivity index is 2.05. The molecule has 3 rings (SSSR count). The number of hydrogen-bond acceptors (Lipinski definition) is 2. The molecule has 3 aromatic rings. The van der Waals surface area contributed by atoms with Gasteiger partial charge in [-0.25, -0.2) is 4.79 Å². The fraction of sp³-hybridized carbons (Fsp3) is 0.176. The van der Waals surface area contributed by atoms with Crippen LogP contribution in [0.5, 0.6) is 0 Å². The minimum absolute atomic E-state index is 0.128. The summed E-state index contributed by atoms with van der Waals surface area (Å²) in [5.41, 5.74) is 4.03. The van der Waals surface area contributed by atoms with Gasteiger partial charge in [0.1, 0.15) is 0 Å². The summed E-state index contributed by atoms with van der Waals surface area (Å²) in [6.45, 7) is 2.36. The normalized spacial score (nSPS) is 10.8. The maximum atomic E-state index is 12.1. The summed E-state index contributed by atoms with van der Waals surface area (Å²) in [7, 11) is 1.61. The van der Waals surface area contributed by atoms with Crippen LogP contribution in [0.15, 0.2) is 47.3 Å². The SMILES string of the molecule is CNC(=O)c1cc(C)cc(Cn2c(=O)[nH]c3ccccc32)c1. The highest BCUT2D eigenvalue weighted by atomic mass is 16.2. The highest BCUT2D eigenvalue weighted by Gasteiger charge is 2.09. The number of carbonyl (C=O) groups is 1. The molecule has 0 bridgehead atoms. The van der Waals surface area contributed by atoms with Crippen molar-refractivity contribution in [3.05, 3.63) is 69.6 Å². The number of aryl methyl sites for hydroxylation is 1. The number of benzene rings is 2. The van der Waals surface area contributed by atoms with Gasteiger partial charge in [0.15, 0.2) is 0 Å². The Bertz CT molecular complexity index is 906. The van der Waals surface area contributed by atoms with Crippen LogP contribution in [0.4, 0.5) is 0 Å². The Morgan fingerprint density at radius 3 is 2.77 bits per heavy atom. The first-order valence-corrected chi connectivity index (χ1v) is 7.08. The van der Waals surface area contributed by atoms with Crippen molar-refractivity contribution in [2.24, 2.45) is 0 Å². The molecule has 0 aliphatic carbocycles. The second kappa shape index (κ2) is 5.52. The molecule has 0 aliphatic heterocycles. The molecular formula is C17H17N3O2. The number of amides is 1. The fourth-order valence-electron chi connectivity index (χ4n) is 2.68. The van der Waals surface area contributed by atoms with Crippen LogP contribution in [0.3, 0.4) is 0 Å². The summed E-state index contributed by atoms with van der Waals surface area (Å²) in [6.07, 6.45) is 0. The molecule has 5 heteroatoms. The topological polar surface area (TPSA) is 66.9 Å². The molecule has 1 aromatic heterocycles. The highest BCUT2D eigenvalue weighted by Crippen LogP contribution is 2.14. The number of fused-ring (bicyclic) bond motifs is 1. The molecule has 2 N–H and O–H groups in total. The van der Waals surface area contributed by atoms with E-state index in [0.717, 1.165) is 22.2 Å². The van der Waals surface area contributed by atoms with Crippen molar-refractivity contribution < 1.29 is 4.79 Å². The predicted octanol–water partition coefficient (Wildman–Crippen LogP) is 2.05. The zero-order chi connectivity index (χ0) is 15.7. The van der Waals surface area contributed by atoms with Crippen LogP contribution in [0.25, 0.3) is 11.0 Å². The number of nitrogens with one attached hydrogen (secondary N) is 2. The minimum Gasteiger partial charge on any atom is -0.355 e. The van der Waals surface area contributed by atoms with E-state index in [1.54, 1.807) is 11.6 Å². The van der Waals surface area contributed by atoms with E-state index in [1.165, 1.54) is 0 Å². The summed E-state index contributed by atoms with van der Waals surface area (Å²) in [6, 6.07) is 13.2. The molecule has 0 saturated carbocycles.